The van der Waals surface area contributed by atoms with Gasteiger partial charge < -0.3 is 9.64 Å². The van der Waals surface area contributed by atoms with E-state index in [-0.39, 0.29) is 12.5 Å². The van der Waals surface area contributed by atoms with Gasteiger partial charge in [-0.1, -0.05) is 34.1 Å². The lowest BCUT2D eigenvalue weighted by Crippen LogP contribution is -2.41. The number of rotatable bonds is 4. The monoisotopic (exact) mass is 430 g/mol. The number of halogens is 1. The van der Waals surface area contributed by atoms with Crippen LogP contribution in [-0.4, -0.2) is 35.5 Å². The summed E-state index contributed by atoms with van der Waals surface area (Å²) in [6.45, 7) is 1.59. The number of ether oxygens (including phenoxy) is 1. The van der Waals surface area contributed by atoms with Gasteiger partial charge in [-0.05, 0) is 43.2 Å². The molecule has 4 rings (SSSR count). The highest BCUT2D eigenvalue weighted by molar-refractivity contribution is 9.10. The average molecular weight is 431 g/mol. The second kappa shape index (κ2) is 7.76. The Labute approximate surface area is 164 Å². The zero-order valence-corrected chi connectivity index (χ0v) is 16.6. The summed E-state index contributed by atoms with van der Waals surface area (Å²) in [5.74, 6) is 1.05. The van der Waals surface area contributed by atoms with Crippen LogP contribution in [0.2, 0.25) is 0 Å². The van der Waals surface area contributed by atoms with Crippen LogP contribution in [0.25, 0.3) is 10.2 Å². The van der Waals surface area contributed by atoms with Gasteiger partial charge in [-0.2, -0.15) is 0 Å². The van der Waals surface area contributed by atoms with Gasteiger partial charge in [-0.25, -0.2) is 4.98 Å². The number of piperidine rings is 1. The summed E-state index contributed by atoms with van der Waals surface area (Å²) >= 11 is 5.16. The lowest BCUT2D eigenvalue weighted by Gasteiger charge is -2.31. The van der Waals surface area contributed by atoms with Crippen molar-refractivity contribution in [3.8, 4) is 5.75 Å². The molecule has 4 nitrogen and oxygen atoms in total. The fraction of sp³-hybridized carbons (Fsp3) is 0.300. The molecule has 0 unspecified atom stereocenters. The number of amides is 1. The highest BCUT2D eigenvalue weighted by Gasteiger charge is 2.27. The Kier molecular flexibility index (Phi) is 5.22. The van der Waals surface area contributed by atoms with Crippen LogP contribution in [0.15, 0.2) is 53.0 Å². The molecule has 1 atom stereocenters. The van der Waals surface area contributed by atoms with Gasteiger partial charge in [0.15, 0.2) is 6.61 Å². The molecule has 0 spiro atoms. The van der Waals surface area contributed by atoms with Crippen LogP contribution < -0.4 is 4.74 Å². The van der Waals surface area contributed by atoms with Gasteiger partial charge in [0.05, 0.1) is 15.2 Å². The number of carbonyl (C=O) groups excluding carboxylic acids is 1. The number of hydrogen-bond donors (Lipinski definition) is 0. The van der Waals surface area contributed by atoms with Crippen molar-refractivity contribution in [1.82, 2.24) is 9.88 Å². The summed E-state index contributed by atoms with van der Waals surface area (Å²) in [6.07, 6.45) is 2.08. The lowest BCUT2D eigenvalue weighted by molar-refractivity contribution is -0.134. The second-order valence-corrected chi connectivity index (χ2v) is 8.42. The highest BCUT2D eigenvalue weighted by Crippen LogP contribution is 2.33. The van der Waals surface area contributed by atoms with E-state index in [9.17, 15) is 4.79 Å². The van der Waals surface area contributed by atoms with E-state index in [4.69, 9.17) is 9.72 Å². The van der Waals surface area contributed by atoms with E-state index < -0.39 is 0 Å². The standard InChI is InChI=1S/C20H19BrN2O2S/c21-15-6-3-7-16(11-15)25-13-19(24)23-10-4-5-14(12-23)20-22-17-8-1-2-9-18(17)26-20/h1-3,6-9,11,14H,4-5,10,12-13H2/t14-/m0/s1. The maximum atomic E-state index is 12.6. The summed E-state index contributed by atoms with van der Waals surface area (Å²) in [5.41, 5.74) is 1.05. The van der Waals surface area contributed by atoms with Crippen molar-refractivity contribution in [2.24, 2.45) is 0 Å². The van der Waals surface area contributed by atoms with Gasteiger partial charge in [0.25, 0.3) is 5.91 Å². The van der Waals surface area contributed by atoms with Crippen LogP contribution >= 0.6 is 27.3 Å². The normalized spacial score (nSPS) is 17.4. The lowest BCUT2D eigenvalue weighted by atomic mass is 9.99. The minimum Gasteiger partial charge on any atom is -0.484 e. The van der Waals surface area contributed by atoms with Crippen LogP contribution in [-0.2, 0) is 4.79 Å². The van der Waals surface area contributed by atoms with Crippen LogP contribution in [0.4, 0.5) is 0 Å². The van der Waals surface area contributed by atoms with Crippen molar-refractivity contribution < 1.29 is 9.53 Å². The van der Waals surface area contributed by atoms with E-state index in [0.717, 1.165) is 40.9 Å². The molecule has 0 bridgehead atoms. The highest BCUT2D eigenvalue weighted by atomic mass is 79.9. The molecule has 2 heterocycles. The third-order valence-corrected chi connectivity index (χ3v) is 6.28. The number of thiazole rings is 1. The van der Waals surface area contributed by atoms with Gasteiger partial charge >= 0.3 is 0 Å². The SMILES string of the molecule is O=C(COc1cccc(Br)c1)N1CCC[C@H](c2nc3ccccc3s2)C1. The quantitative estimate of drug-likeness (QED) is 0.594. The number of benzene rings is 2. The predicted molar refractivity (Wildman–Crippen MR) is 108 cm³/mol. The van der Waals surface area contributed by atoms with E-state index in [1.807, 2.05) is 47.4 Å². The molecule has 0 radical (unpaired) electrons. The van der Waals surface area contributed by atoms with Gasteiger partial charge in [0.1, 0.15) is 5.75 Å². The molecule has 1 aromatic heterocycles. The molecule has 1 fully saturated rings. The molecule has 1 aliphatic rings. The predicted octanol–water partition coefficient (Wildman–Crippen LogP) is 4.84. The molecule has 6 heteroatoms. The molecule has 0 aliphatic carbocycles. The van der Waals surface area contributed by atoms with Crippen molar-refractivity contribution >= 4 is 43.4 Å². The minimum atomic E-state index is 0.0378. The molecule has 1 aliphatic heterocycles. The summed E-state index contributed by atoms with van der Waals surface area (Å²) < 4.78 is 7.81. The number of hydrogen-bond acceptors (Lipinski definition) is 4. The van der Waals surface area contributed by atoms with Gasteiger partial charge in [0, 0.05) is 23.5 Å². The van der Waals surface area contributed by atoms with Crippen LogP contribution in [0.3, 0.4) is 0 Å². The van der Waals surface area contributed by atoms with Gasteiger partial charge in [0.2, 0.25) is 0 Å². The number of likely N-dealkylation sites (tertiary alicyclic amines) is 1. The van der Waals surface area contributed by atoms with Crippen molar-refractivity contribution in [2.75, 3.05) is 19.7 Å². The van der Waals surface area contributed by atoms with Crippen LogP contribution in [0.1, 0.15) is 23.8 Å². The van der Waals surface area contributed by atoms with E-state index in [0.29, 0.717) is 11.7 Å². The molecular formula is C20H19BrN2O2S. The molecule has 134 valence electrons. The number of para-hydroxylation sites is 1. The molecule has 1 saturated heterocycles. The Hall–Kier alpha value is -1.92. The largest absolute Gasteiger partial charge is 0.484 e. The van der Waals surface area contributed by atoms with Crippen LogP contribution in [0.5, 0.6) is 5.75 Å². The van der Waals surface area contributed by atoms with E-state index in [1.54, 1.807) is 11.3 Å². The number of carbonyl (C=O) groups is 1. The first-order valence-electron chi connectivity index (χ1n) is 8.70. The Bertz CT molecular complexity index is 894. The molecule has 26 heavy (non-hydrogen) atoms. The summed E-state index contributed by atoms with van der Waals surface area (Å²) in [4.78, 5) is 19.3. The Balaban J connectivity index is 1.40. The first-order chi connectivity index (χ1) is 12.7. The van der Waals surface area contributed by atoms with Crippen molar-refractivity contribution in [3.63, 3.8) is 0 Å². The third-order valence-electron chi connectivity index (χ3n) is 4.59. The first kappa shape index (κ1) is 17.5. The smallest absolute Gasteiger partial charge is 0.260 e. The Morgan fingerprint density at radius 1 is 1.27 bits per heavy atom. The van der Waals surface area contributed by atoms with Crippen molar-refractivity contribution in [2.45, 2.75) is 18.8 Å². The van der Waals surface area contributed by atoms with E-state index >= 15 is 0 Å². The maximum Gasteiger partial charge on any atom is 0.260 e. The van der Waals surface area contributed by atoms with Gasteiger partial charge in [-0.3, -0.25) is 4.79 Å². The topological polar surface area (TPSA) is 42.4 Å². The number of aromatic nitrogens is 1. The molecule has 0 saturated carbocycles. The third kappa shape index (κ3) is 3.91. The fourth-order valence-corrected chi connectivity index (χ4v) is 4.73. The zero-order valence-electron chi connectivity index (χ0n) is 14.2. The second-order valence-electron chi connectivity index (χ2n) is 6.44. The van der Waals surface area contributed by atoms with Crippen molar-refractivity contribution in [1.29, 1.82) is 0 Å². The Morgan fingerprint density at radius 3 is 3.00 bits per heavy atom. The number of nitrogens with zero attached hydrogens (tertiary/aromatic N) is 2. The Morgan fingerprint density at radius 2 is 2.15 bits per heavy atom. The fourth-order valence-electron chi connectivity index (χ4n) is 3.26. The van der Waals surface area contributed by atoms with E-state index in [1.165, 1.54) is 4.70 Å². The first-order valence-corrected chi connectivity index (χ1v) is 10.3. The molecule has 1 amide bonds. The summed E-state index contributed by atoms with van der Waals surface area (Å²) in [6, 6.07) is 15.8. The zero-order chi connectivity index (χ0) is 17.9. The van der Waals surface area contributed by atoms with Crippen molar-refractivity contribution in [3.05, 3.63) is 58.0 Å². The summed E-state index contributed by atoms with van der Waals surface area (Å²) in [7, 11) is 0. The van der Waals surface area contributed by atoms with Gasteiger partial charge in [-0.15, -0.1) is 11.3 Å². The molecule has 2 aromatic carbocycles. The number of fused-ring (bicyclic) bond motifs is 1. The average Bonchev–Trinajstić information content (AvgIpc) is 3.10. The maximum absolute atomic E-state index is 12.6. The summed E-state index contributed by atoms with van der Waals surface area (Å²) in [5, 5.41) is 1.14. The molecular weight excluding hydrogens is 412 g/mol. The van der Waals surface area contributed by atoms with Crippen LogP contribution in [0, 0.1) is 0 Å². The molecule has 0 N–H and O–H groups in total. The molecule has 3 aromatic rings. The minimum absolute atomic E-state index is 0.0378. The van der Waals surface area contributed by atoms with E-state index in [2.05, 4.69) is 22.0 Å².